The van der Waals surface area contributed by atoms with E-state index in [1.807, 2.05) is 4.72 Å². The highest BCUT2D eigenvalue weighted by molar-refractivity contribution is 7.89. The summed E-state index contributed by atoms with van der Waals surface area (Å²) in [5.74, 6) is -1.43. The first kappa shape index (κ1) is 14.3. The first-order valence-corrected chi connectivity index (χ1v) is 6.23. The van der Waals surface area contributed by atoms with E-state index >= 15 is 0 Å². The van der Waals surface area contributed by atoms with Crippen LogP contribution in [0.4, 0.5) is 0 Å². The molecule has 6 nitrogen and oxygen atoms in total. The molecule has 7 heteroatoms. The summed E-state index contributed by atoms with van der Waals surface area (Å²) in [7, 11) is -2.18. The van der Waals surface area contributed by atoms with Gasteiger partial charge in [0.25, 0.3) is 0 Å². The smallest absolute Gasteiger partial charge is 0.321 e. The van der Waals surface area contributed by atoms with Crippen LogP contribution < -0.4 is 4.72 Å². The molecule has 2 N–H and O–H groups in total. The molecule has 0 radical (unpaired) electrons. The SMILES string of the molecule is CCC(CS(=O)(=O)NC(C)C(=O)O)OC. The number of hydrogen-bond donors (Lipinski definition) is 2. The third-order valence-corrected chi connectivity index (χ3v) is 3.44. The summed E-state index contributed by atoms with van der Waals surface area (Å²) in [5, 5.41) is 8.54. The third kappa shape index (κ3) is 5.71. The molecule has 2 atom stereocenters. The van der Waals surface area contributed by atoms with Crippen molar-refractivity contribution < 1.29 is 23.1 Å². The van der Waals surface area contributed by atoms with E-state index in [0.717, 1.165) is 0 Å². The van der Waals surface area contributed by atoms with Gasteiger partial charge in [-0.25, -0.2) is 13.1 Å². The Morgan fingerprint density at radius 1 is 1.53 bits per heavy atom. The van der Waals surface area contributed by atoms with E-state index in [4.69, 9.17) is 9.84 Å². The summed E-state index contributed by atoms with van der Waals surface area (Å²) in [6.45, 7) is 3.07. The van der Waals surface area contributed by atoms with Gasteiger partial charge in [-0.3, -0.25) is 4.79 Å². The molecule has 0 aromatic carbocycles. The van der Waals surface area contributed by atoms with E-state index in [1.165, 1.54) is 14.0 Å². The number of aliphatic carboxylic acids is 1. The van der Waals surface area contributed by atoms with Crippen molar-refractivity contribution in [3.63, 3.8) is 0 Å². The van der Waals surface area contributed by atoms with Crippen LogP contribution >= 0.6 is 0 Å². The van der Waals surface area contributed by atoms with Crippen molar-refractivity contribution in [2.24, 2.45) is 0 Å². The summed E-state index contributed by atoms with van der Waals surface area (Å²) >= 11 is 0. The van der Waals surface area contributed by atoms with Crippen LogP contribution in [0, 0.1) is 0 Å². The number of nitrogens with one attached hydrogen (secondary N) is 1. The highest BCUT2D eigenvalue weighted by atomic mass is 32.2. The first-order valence-electron chi connectivity index (χ1n) is 4.58. The average Bonchev–Trinajstić information content (AvgIpc) is 2.13. The van der Waals surface area contributed by atoms with E-state index in [1.54, 1.807) is 6.92 Å². The third-order valence-electron chi connectivity index (χ3n) is 1.92. The van der Waals surface area contributed by atoms with Gasteiger partial charge in [-0.1, -0.05) is 6.92 Å². The molecule has 0 heterocycles. The van der Waals surface area contributed by atoms with Crippen molar-refractivity contribution in [3.8, 4) is 0 Å². The lowest BCUT2D eigenvalue weighted by molar-refractivity contribution is -0.138. The summed E-state index contributed by atoms with van der Waals surface area (Å²) in [6, 6.07) is -1.12. The van der Waals surface area contributed by atoms with E-state index in [9.17, 15) is 13.2 Å². The average molecular weight is 239 g/mol. The Bertz CT molecular complexity index is 296. The van der Waals surface area contributed by atoms with Crippen LogP contribution in [0.1, 0.15) is 20.3 Å². The van der Waals surface area contributed by atoms with Gasteiger partial charge in [-0.15, -0.1) is 0 Å². The van der Waals surface area contributed by atoms with Gasteiger partial charge in [0.15, 0.2) is 0 Å². The van der Waals surface area contributed by atoms with E-state index in [0.29, 0.717) is 6.42 Å². The standard InChI is InChI=1S/C8H17NO5S/c1-4-7(14-3)5-15(12,13)9-6(2)8(10)11/h6-7,9H,4-5H2,1-3H3,(H,10,11). The summed E-state index contributed by atoms with van der Waals surface area (Å²) in [4.78, 5) is 10.4. The number of carboxylic acids is 1. The molecule has 0 aromatic rings. The van der Waals surface area contributed by atoms with Gasteiger partial charge in [0.1, 0.15) is 6.04 Å². The number of carboxylic acid groups (broad SMARTS) is 1. The van der Waals surface area contributed by atoms with Crippen LogP contribution in [0.15, 0.2) is 0 Å². The Kier molecular flexibility index (Phi) is 5.77. The maximum absolute atomic E-state index is 11.4. The Balaban J connectivity index is 4.37. The van der Waals surface area contributed by atoms with Crippen LogP contribution in [0.25, 0.3) is 0 Å². The van der Waals surface area contributed by atoms with Gasteiger partial charge in [0.05, 0.1) is 11.9 Å². The Morgan fingerprint density at radius 2 is 2.07 bits per heavy atom. The second-order valence-electron chi connectivity index (χ2n) is 3.23. The van der Waals surface area contributed by atoms with Gasteiger partial charge < -0.3 is 9.84 Å². The fraction of sp³-hybridized carbons (Fsp3) is 0.875. The van der Waals surface area contributed by atoms with E-state index in [-0.39, 0.29) is 5.75 Å². The molecule has 0 saturated carbocycles. The van der Waals surface area contributed by atoms with Gasteiger partial charge in [-0.2, -0.15) is 0 Å². The van der Waals surface area contributed by atoms with Crippen molar-refractivity contribution in [1.82, 2.24) is 4.72 Å². The normalized spacial score (nSPS) is 15.9. The number of ether oxygens (including phenoxy) is 1. The molecule has 0 amide bonds. The molecule has 90 valence electrons. The molecule has 0 rings (SSSR count). The van der Waals surface area contributed by atoms with Crippen molar-refractivity contribution in [2.75, 3.05) is 12.9 Å². The fourth-order valence-corrected chi connectivity index (χ4v) is 2.56. The van der Waals surface area contributed by atoms with Crippen LogP contribution in [0.5, 0.6) is 0 Å². The number of sulfonamides is 1. The molecular weight excluding hydrogens is 222 g/mol. The molecule has 2 unspecified atom stereocenters. The van der Waals surface area contributed by atoms with E-state index in [2.05, 4.69) is 0 Å². The minimum Gasteiger partial charge on any atom is -0.480 e. The number of rotatable bonds is 7. The van der Waals surface area contributed by atoms with Crippen molar-refractivity contribution in [2.45, 2.75) is 32.4 Å². The molecule has 0 saturated heterocycles. The van der Waals surface area contributed by atoms with Crippen LogP contribution in [0.2, 0.25) is 0 Å². The molecule has 0 spiro atoms. The molecule has 0 bridgehead atoms. The second kappa shape index (κ2) is 6.04. The summed E-state index contributed by atoms with van der Waals surface area (Å²) in [5.41, 5.74) is 0. The molecule has 0 fully saturated rings. The first-order chi connectivity index (χ1) is 6.82. The highest BCUT2D eigenvalue weighted by Crippen LogP contribution is 2.01. The predicted octanol–water partition coefficient (Wildman–Crippen LogP) is -0.196. The molecule has 0 aliphatic heterocycles. The van der Waals surface area contributed by atoms with Crippen molar-refractivity contribution in [3.05, 3.63) is 0 Å². The van der Waals surface area contributed by atoms with Crippen LogP contribution in [-0.4, -0.2) is 44.5 Å². The lowest BCUT2D eigenvalue weighted by Crippen LogP contribution is -2.42. The van der Waals surface area contributed by atoms with Gasteiger partial charge in [0, 0.05) is 7.11 Å². The highest BCUT2D eigenvalue weighted by Gasteiger charge is 2.22. The monoisotopic (exact) mass is 239 g/mol. The number of methoxy groups -OCH3 is 1. The molecule has 0 aliphatic carbocycles. The zero-order valence-electron chi connectivity index (χ0n) is 9.06. The van der Waals surface area contributed by atoms with Gasteiger partial charge in [0.2, 0.25) is 10.0 Å². The topological polar surface area (TPSA) is 92.7 Å². The fourth-order valence-electron chi connectivity index (χ4n) is 0.965. The molecule has 0 aliphatic rings. The van der Waals surface area contributed by atoms with Gasteiger partial charge >= 0.3 is 5.97 Å². The van der Waals surface area contributed by atoms with Crippen LogP contribution in [0.3, 0.4) is 0 Å². The number of carbonyl (C=O) groups is 1. The largest absolute Gasteiger partial charge is 0.480 e. The zero-order valence-corrected chi connectivity index (χ0v) is 9.87. The lowest BCUT2D eigenvalue weighted by atomic mass is 10.3. The number of hydrogen-bond acceptors (Lipinski definition) is 4. The summed E-state index contributed by atoms with van der Waals surface area (Å²) < 4.78 is 29.8. The minimum absolute atomic E-state index is 0.225. The molecule has 0 aromatic heterocycles. The minimum atomic E-state index is -3.61. The maximum atomic E-state index is 11.4. The molecule has 15 heavy (non-hydrogen) atoms. The van der Waals surface area contributed by atoms with Crippen molar-refractivity contribution in [1.29, 1.82) is 0 Å². The summed E-state index contributed by atoms with van der Waals surface area (Å²) in [6.07, 6.45) is 0.141. The molecular formula is C8H17NO5S. The second-order valence-corrected chi connectivity index (χ2v) is 5.02. The maximum Gasteiger partial charge on any atom is 0.321 e. The quantitative estimate of drug-likeness (QED) is 0.642. The van der Waals surface area contributed by atoms with Gasteiger partial charge in [-0.05, 0) is 13.3 Å². The van der Waals surface area contributed by atoms with Crippen LogP contribution in [-0.2, 0) is 19.6 Å². The Labute approximate surface area is 89.7 Å². The Hall–Kier alpha value is -0.660. The Morgan fingerprint density at radius 3 is 2.40 bits per heavy atom. The lowest BCUT2D eigenvalue weighted by Gasteiger charge is -2.15. The zero-order chi connectivity index (χ0) is 12.1. The predicted molar refractivity (Wildman–Crippen MR) is 55.1 cm³/mol. The van der Waals surface area contributed by atoms with E-state index < -0.39 is 28.1 Å². The van der Waals surface area contributed by atoms with Crippen molar-refractivity contribution >= 4 is 16.0 Å².